The molecule has 0 aliphatic carbocycles. The van der Waals surface area contributed by atoms with E-state index in [9.17, 15) is 0 Å². The van der Waals surface area contributed by atoms with Crippen molar-refractivity contribution < 1.29 is 0 Å². The van der Waals surface area contributed by atoms with Crippen molar-refractivity contribution in [1.29, 1.82) is 5.41 Å². The lowest BCUT2D eigenvalue weighted by Crippen LogP contribution is -2.20. The molecule has 2 rings (SSSR count). The fourth-order valence-electron chi connectivity index (χ4n) is 1.93. The monoisotopic (exact) mass is 240 g/mol. The molecule has 0 saturated heterocycles. The van der Waals surface area contributed by atoms with Crippen LogP contribution < -0.4 is 10.6 Å². The Hall–Kier alpha value is -2.36. The zero-order chi connectivity index (χ0) is 13.1. The third-order valence-corrected chi connectivity index (χ3v) is 2.87. The minimum absolute atomic E-state index is 0.0264. The molecule has 92 valence electrons. The van der Waals surface area contributed by atoms with Gasteiger partial charge in [-0.25, -0.2) is 4.98 Å². The molecule has 4 nitrogen and oxygen atoms in total. The summed E-state index contributed by atoms with van der Waals surface area (Å²) in [6.45, 7) is 2.04. The van der Waals surface area contributed by atoms with E-state index in [-0.39, 0.29) is 5.84 Å². The predicted molar refractivity (Wildman–Crippen MR) is 74.5 cm³/mol. The molecule has 0 fully saturated rings. The summed E-state index contributed by atoms with van der Waals surface area (Å²) >= 11 is 0. The summed E-state index contributed by atoms with van der Waals surface area (Å²) in [7, 11) is 1.93. The van der Waals surface area contributed by atoms with Gasteiger partial charge >= 0.3 is 0 Å². The lowest BCUT2D eigenvalue weighted by atomic mass is 10.1. The van der Waals surface area contributed by atoms with Crippen LogP contribution in [0.15, 0.2) is 42.6 Å². The first-order chi connectivity index (χ1) is 8.61. The predicted octanol–water partition coefficient (Wildman–Crippen LogP) is 2.44. The summed E-state index contributed by atoms with van der Waals surface area (Å²) in [5, 5.41) is 7.60. The minimum Gasteiger partial charge on any atom is -0.384 e. The van der Waals surface area contributed by atoms with Gasteiger partial charge in [0.1, 0.15) is 11.7 Å². The zero-order valence-corrected chi connectivity index (χ0v) is 10.5. The van der Waals surface area contributed by atoms with Gasteiger partial charge in [0.2, 0.25) is 0 Å². The Balaban J connectivity index is 2.50. The van der Waals surface area contributed by atoms with Gasteiger partial charge in [0.05, 0.1) is 5.56 Å². The molecular formula is C14H16N4. The summed E-state index contributed by atoms with van der Waals surface area (Å²) in [5.74, 6) is 0.720. The Labute approximate surface area is 107 Å². The number of aromatic nitrogens is 1. The van der Waals surface area contributed by atoms with Crippen molar-refractivity contribution in [3.8, 4) is 0 Å². The highest BCUT2D eigenvalue weighted by molar-refractivity contribution is 6.00. The number of para-hydroxylation sites is 1. The van der Waals surface area contributed by atoms with E-state index in [1.54, 1.807) is 18.3 Å². The van der Waals surface area contributed by atoms with Crippen molar-refractivity contribution in [3.63, 3.8) is 0 Å². The number of aryl methyl sites for hydroxylation is 1. The van der Waals surface area contributed by atoms with E-state index in [1.165, 1.54) is 0 Å². The number of hydrogen-bond acceptors (Lipinski definition) is 3. The molecule has 0 spiro atoms. The van der Waals surface area contributed by atoms with Crippen LogP contribution in [0.3, 0.4) is 0 Å². The van der Waals surface area contributed by atoms with Gasteiger partial charge in [0.25, 0.3) is 0 Å². The first-order valence-corrected chi connectivity index (χ1v) is 5.70. The third kappa shape index (κ3) is 2.18. The molecule has 0 unspecified atom stereocenters. The van der Waals surface area contributed by atoms with Crippen molar-refractivity contribution >= 4 is 17.3 Å². The van der Waals surface area contributed by atoms with Gasteiger partial charge in [0, 0.05) is 18.9 Å². The number of amidine groups is 1. The fraction of sp³-hybridized carbons (Fsp3) is 0.143. The number of pyridine rings is 1. The standard InChI is InChI=1S/C14H16N4/c1-10-6-3-4-8-12(10)18(2)14-11(13(15)16)7-5-9-17-14/h3-9H,1-2H3,(H3,15,16). The smallest absolute Gasteiger partial charge is 0.143 e. The third-order valence-electron chi connectivity index (χ3n) is 2.87. The van der Waals surface area contributed by atoms with Crippen molar-refractivity contribution in [2.24, 2.45) is 5.73 Å². The van der Waals surface area contributed by atoms with Gasteiger partial charge in [-0.1, -0.05) is 18.2 Å². The normalized spacial score (nSPS) is 10.1. The molecule has 1 heterocycles. The van der Waals surface area contributed by atoms with Crippen LogP contribution in [0.5, 0.6) is 0 Å². The van der Waals surface area contributed by atoms with E-state index in [4.69, 9.17) is 11.1 Å². The maximum Gasteiger partial charge on any atom is 0.143 e. The number of hydrogen-bond donors (Lipinski definition) is 2. The van der Waals surface area contributed by atoms with Gasteiger partial charge in [0.15, 0.2) is 0 Å². The maximum atomic E-state index is 7.60. The van der Waals surface area contributed by atoms with E-state index < -0.39 is 0 Å². The van der Waals surface area contributed by atoms with Crippen LogP contribution in [0.1, 0.15) is 11.1 Å². The van der Waals surface area contributed by atoms with Crippen molar-refractivity contribution in [3.05, 3.63) is 53.7 Å². The van der Waals surface area contributed by atoms with Crippen LogP contribution in [0.2, 0.25) is 0 Å². The molecule has 3 N–H and O–H groups in total. The highest BCUT2D eigenvalue weighted by Gasteiger charge is 2.13. The minimum atomic E-state index is 0.0264. The zero-order valence-electron chi connectivity index (χ0n) is 10.5. The number of nitrogen functional groups attached to an aromatic ring is 1. The number of nitrogens with zero attached hydrogens (tertiary/aromatic N) is 2. The number of anilines is 2. The lowest BCUT2D eigenvalue weighted by molar-refractivity contribution is 1.11. The summed E-state index contributed by atoms with van der Waals surface area (Å²) in [4.78, 5) is 6.27. The van der Waals surface area contributed by atoms with Crippen LogP contribution in [0.4, 0.5) is 11.5 Å². The van der Waals surface area contributed by atoms with Crippen LogP contribution in [0, 0.1) is 12.3 Å². The number of nitrogens with one attached hydrogen (secondary N) is 1. The first-order valence-electron chi connectivity index (χ1n) is 5.70. The SMILES string of the molecule is Cc1ccccc1N(C)c1ncccc1C(=N)N. The van der Waals surface area contributed by atoms with E-state index >= 15 is 0 Å². The summed E-state index contributed by atoms with van der Waals surface area (Å²) in [6, 6.07) is 11.6. The molecule has 2 aromatic rings. The van der Waals surface area contributed by atoms with Crippen LogP contribution in [-0.2, 0) is 0 Å². The highest BCUT2D eigenvalue weighted by Crippen LogP contribution is 2.27. The molecule has 0 aliphatic rings. The molecular weight excluding hydrogens is 224 g/mol. The topological polar surface area (TPSA) is 66.0 Å². The molecule has 1 aromatic heterocycles. The second-order valence-electron chi connectivity index (χ2n) is 4.13. The van der Waals surface area contributed by atoms with Crippen LogP contribution in [0.25, 0.3) is 0 Å². The lowest BCUT2D eigenvalue weighted by Gasteiger charge is -2.22. The van der Waals surface area contributed by atoms with E-state index in [1.807, 2.05) is 43.1 Å². The quantitative estimate of drug-likeness (QED) is 0.639. The van der Waals surface area contributed by atoms with Gasteiger partial charge in [-0.05, 0) is 30.7 Å². The molecule has 1 aromatic carbocycles. The first kappa shape index (κ1) is 12.1. The molecule has 18 heavy (non-hydrogen) atoms. The van der Waals surface area contributed by atoms with Gasteiger partial charge in [-0.3, -0.25) is 5.41 Å². The maximum absolute atomic E-state index is 7.60. The van der Waals surface area contributed by atoms with Gasteiger partial charge in [-0.15, -0.1) is 0 Å². The molecule has 0 atom stereocenters. The number of rotatable bonds is 3. The van der Waals surface area contributed by atoms with Crippen LogP contribution >= 0.6 is 0 Å². The van der Waals surface area contributed by atoms with E-state index in [2.05, 4.69) is 4.98 Å². The molecule has 0 bridgehead atoms. The summed E-state index contributed by atoms with van der Waals surface area (Å²) in [6.07, 6.45) is 1.70. The molecule has 4 heteroatoms. The Bertz CT molecular complexity index is 578. The van der Waals surface area contributed by atoms with E-state index in [0.717, 1.165) is 11.3 Å². The summed E-state index contributed by atoms with van der Waals surface area (Å²) < 4.78 is 0. The van der Waals surface area contributed by atoms with Crippen molar-refractivity contribution in [2.45, 2.75) is 6.92 Å². The summed E-state index contributed by atoms with van der Waals surface area (Å²) in [5.41, 5.74) is 8.43. The second kappa shape index (κ2) is 4.87. The Morgan fingerprint density at radius 3 is 2.61 bits per heavy atom. The molecule has 0 aliphatic heterocycles. The second-order valence-corrected chi connectivity index (χ2v) is 4.13. The fourth-order valence-corrected chi connectivity index (χ4v) is 1.93. The van der Waals surface area contributed by atoms with Gasteiger partial charge in [-0.2, -0.15) is 0 Å². The Kier molecular flexibility index (Phi) is 3.28. The van der Waals surface area contributed by atoms with Gasteiger partial charge < -0.3 is 10.6 Å². The highest BCUT2D eigenvalue weighted by atomic mass is 15.2. The number of nitrogens with two attached hydrogens (primary N) is 1. The van der Waals surface area contributed by atoms with Crippen molar-refractivity contribution in [1.82, 2.24) is 4.98 Å². The average molecular weight is 240 g/mol. The Morgan fingerprint density at radius 2 is 1.94 bits per heavy atom. The molecule has 0 radical (unpaired) electrons. The van der Waals surface area contributed by atoms with Crippen molar-refractivity contribution in [2.75, 3.05) is 11.9 Å². The molecule has 0 amide bonds. The number of benzene rings is 1. The van der Waals surface area contributed by atoms with Crippen LogP contribution in [-0.4, -0.2) is 17.9 Å². The largest absolute Gasteiger partial charge is 0.384 e. The average Bonchev–Trinajstić information content (AvgIpc) is 2.38. The van der Waals surface area contributed by atoms with E-state index in [0.29, 0.717) is 11.4 Å². The Morgan fingerprint density at radius 1 is 1.22 bits per heavy atom. The molecule has 0 saturated carbocycles.